The third-order valence-corrected chi connectivity index (χ3v) is 6.59. The van der Waals surface area contributed by atoms with Gasteiger partial charge in [0.05, 0.1) is 10.1 Å². The highest BCUT2D eigenvalue weighted by Crippen LogP contribution is 2.28. The van der Waals surface area contributed by atoms with Crippen molar-refractivity contribution in [1.29, 1.82) is 0 Å². The molecule has 1 fully saturated rings. The van der Waals surface area contributed by atoms with Gasteiger partial charge >= 0.3 is 0 Å². The van der Waals surface area contributed by atoms with Gasteiger partial charge in [0.25, 0.3) is 0 Å². The molecule has 2 N–H and O–H groups in total. The van der Waals surface area contributed by atoms with E-state index < -0.39 is 15.1 Å². The summed E-state index contributed by atoms with van der Waals surface area (Å²) in [7, 11) is -3.30. The Morgan fingerprint density at radius 1 is 1.05 bits per heavy atom. The molecule has 1 saturated carbocycles. The minimum atomic E-state index is -3.30. The molecule has 3 nitrogen and oxygen atoms in total. The molecule has 2 unspecified atom stereocenters. The Bertz CT molecular complexity index is 534. The summed E-state index contributed by atoms with van der Waals surface area (Å²) in [5.41, 5.74) is 7.26. The lowest BCUT2D eigenvalue weighted by molar-refractivity contribution is 0.531. The van der Waals surface area contributed by atoms with E-state index in [9.17, 15) is 8.42 Å². The second kappa shape index (κ2) is 6.27. The van der Waals surface area contributed by atoms with Crippen molar-refractivity contribution in [2.75, 3.05) is 0 Å². The van der Waals surface area contributed by atoms with Crippen LogP contribution < -0.4 is 5.73 Å². The second-order valence-corrected chi connectivity index (χ2v) is 8.28. The maximum atomic E-state index is 12.8. The SMILES string of the molecule is CC(C)c1ccc(S(=O)(=O)C2CCCCCC2N)cc1. The predicted molar refractivity (Wildman–Crippen MR) is 82.6 cm³/mol. The highest BCUT2D eigenvalue weighted by atomic mass is 32.2. The molecular formula is C16H25NO2S. The molecule has 4 heteroatoms. The molecule has 1 aromatic rings. The van der Waals surface area contributed by atoms with Gasteiger partial charge in [-0.25, -0.2) is 8.42 Å². The molecule has 2 rings (SSSR count). The first-order chi connectivity index (χ1) is 9.43. The summed E-state index contributed by atoms with van der Waals surface area (Å²) >= 11 is 0. The number of benzene rings is 1. The first-order valence-electron chi connectivity index (χ1n) is 7.52. The highest BCUT2D eigenvalue weighted by Gasteiger charge is 2.33. The van der Waals surface area contributed by atoms with E-state index in [0.717, 1.165) is 31.2 Å². The zero-order valence-corrected chi connectivity index (χ0v) is 13.2. The molecule has 2 atom stereocenters. The fourth-order valence-corrected chi connectivity index (χ4v) is 4.84. The van der Waals surface area contributed by atoms with Gasteiger partial charge in [-0.3, -0.25) is 0 Å². The van der Waals surface area contributed by atoms with Crippen molar-refractivity contribution in [2.45, 2.75) is 68.1 Å². The number of hydrogen-bond donors (Lipinski definition) is 1. The fourth-order valence-electron chi connectivity index (χ4n) is 2.90. The number of sulfone groups is 1. The predicted octanol–water partition coefficient (Wildman–Crippen LogP) is 3.24. The lowest BCUT2D eigenvalue weighted by Gasteiger charge is -2.21. The zero-order valence-electron chi connectivity index (χ0n) is 12.4. The molecular weight excluding hydrogens is 270 g/mol. The monoisotopic (exact) mass is 295 g/mol. The smallest absolute Gasteiger partial charge is 0.182 e. The molecule has 0 spiro atoms. The summed E-state index contributed by atoms with van der Waals surface area (Å²) in [6.45, 7) is 4.20. The van der Waals surface area contributed by atoms with Gasteiger partial charge in [-0.15, -0.1) is 0 Å². The summed E-state index contributed by atoms with van der Waals surface area (Å²) in [6.07, 6.45) is 4.59. The Balaban J connectivity index is 2.28. The van der Waals surface area contributed by atoms with Gasteiger partial charge in [0.15, 0.2) is 9.84 Å². The molecule has 1 aliphatic rings. The van der Waals surface area contributed by atoms with Crippen molar-refractivity contribution in [3.63, 3.8) is 0 Å². The average Bonchev–Trinajstić information content (AvgIpc) is 2.64. The van der Waals surface area contributed by atoms with E-state index in [4.69, 9.17) is 5.73 Å². The first-order valence-corrected chi connectivity index (χ1v) is 9.07. The van der Waals surface area contributed by atoms with Gasteiger partial charge < -0.3 is 5.73 Å². The Kier molecular flexibility index (Phi) is 4.86. The fraction of sp³-hybridized carbons (Fsp3) is 0.625. The van der Waals surface area contributed by atoms with Crippen LogP contribution in [0.4, 0.5) is 0 Å². The van der Waals surface area contributed by atoms with Crippen molar-refractivity contribution in [3.8, 4) is 0 Å². The Morgan fingerprint density at radius 3 is 2.25 bits per heavy atom. The average molecular weight is 295 g/mol. The summed E-state index contributed by atoms with van der Waals surface area (Å²) in [5.74, 6) is 0.409. The van der Waals surface area contributed by atoms with Crippen molar-refractivity contribution in [1.82, 2.24) is 0 Å². The number of hydrogen-bond acceptors (Lipinski definition) is 3. The summed E-state index contributed by atoms with van der Waals surface area (Å²) < 4.78 is 25.5. The summed E-state index contributed by atoms with van der Waals surface area (Å²) in [5, 5.41) is -0.421. The normalized spacial score (nSPS) is 24.6. The molecule has 20 heavy (non-hydrogen) atoms. The third kappa shape index (κ3) is 3.23. The molecule has 0 aromatic heterocycles. The lowest BCUT2D eigenvalue weighted by atomic mass is 10.0. The molecule has 0 amide bonds. The lowest BCUT2D eigenvalue weighted by Crippen LogP contribution is -2.39. The maximum Gasteiger partial charge on any atom is 0.182 e. The zero-order chi connectivity index (χ0) is 14.8. The van der Waals surface area contributed by atoms with E-state index in [0.29, 0.717) is 17.2 Å². The van der Waals surface area contributed by atoms with E-state index in [1.165, 1.54) is 0 Å². The molecule has 1 aromatic carbocycles. The molecule has 112 valence electrons. The third-order valence-electron chi connectivity index (χ3n) is 4.28. The van der Waals surface area contributed by atoms with Gasteiger partial charge in [0.1, 0.15) is 0 Å². The number of rotatable bonds is 3. The van der Waals surface area contributed by atoms with Crippen molar-refractivity contribution in [3.05, 3.63) is 29.8 Å². The second-order valence-electron chi connectivity index (χ2n) is 6.11. The topological polar surface area (TPSA) is 60.2 Å². The van der Waals surface area contributed by atoms with E-state index in [1.54, 1.807) is 12.1 Å². The highest BCUT2D eigenvalue weighted by molar-refractivity contribution is 7.92. The molecule has 0 aliphatic heterocycles. The number of nitrogens with two attached hydrogens (primary N) is 1. The molecule has 0 radical (unpaired) electrons. The van der Waals surface area contributed by atoms with Crippen LogP contribution in [-0.2, 0) is 9.84 Å². The molecule has 0 heterocycles. The van der Waals surface area contributed by atoms with Gasteiger partial charge in [0, 0.05) is 6.04 Å². The Labute approximate surface area is 122 Å². The van der Waals surface area contributed by atoms with Gasteiger partial charge in [-0.1, -0.05) is 45.2 Å². The van der Waals surface area contributed by atoms with Crippen molar-refractivity contribution < 1.29 is 8.42 Å². The van der Waals surface area contributed by atoms with E-state index in [2.05, 4.69) is 13.8 Å². The van der Waals surface area contributed by atoms with Crippen LogP contribution in [0.15, 0.2) is 29.2 Å². The van der Waals surface area contributed by atoms with Crippen LogP contribution in [0.5, 0.6) is 0 Å². The van der Waals surface area contributed by atoms with Crippen molar-refractivity contribution in [2.24, 2.45) is 5.73 Å². The van der Waals surface area contributed by atoms with E-state index in [-0.39, 0.29) is 6.04 Å². The van der Waals surface area contributed by atoms with Crippen LogP contribution in [0.1, 0.15) is 57.4 Å². The minimum Gasteiger partial charge on any atom is -0.327 e. The summed E-state index contributed by atoms with van der Waals surface area (Å²) in [6, 6.07) is 7.08. The van der Waals surface area contributed by atoms with Gasteiger partial charge in [0.2, 0.25) is 0 Å². The van der Waals surface area contributed by atoms with E-state index in [1.807, 2.05) is 12.1 Å². The van der Waals surface area contributed by atoms with Gasteiger partial charge in [-0.2, -0.15) is 0 Å². The minimum absolute atomic E-state index is 0.229. The van der Waals surface area contributed by atoms with Crippen LogP contribution >= 0.6 is 0 Å². The van der Waals surface area contributed by atoms with Gasteiger partial charge in [-0.05, 0) is 36.5 Å². The van der Waals surface area contributed by atoms with Crippen LogP contribution in [0.25, 0.3) is 0 Å². The maximum absolute atomic E-state index is 12.8. The van der Waals surface area contributed by atoms with Crippen LogP contribution in [0.3, 0.4) is 0 Å². The largest absolute Gasteiger partial charge is 0.327 e. The molecule has 0 saturated heterocycles. The van der Waals surface area contributed by atoms with Crippen LogP contribution in [-0.4, -0.2) is 19.7 Å². The quantitative estimate of drug-likeness (QED) is 0.871. The first kappa shape index (κ1) is 15.5. The van der Waals surface area contributed by atoms with E-state index >= 15 is 0 Å². The van der Waals surface area contributed by atoms with Crippen LogP contribution in [0, 0.1) is 0 Å². The molecule has 0 bridgehead atoms. The Hall–Kier alpha value is -0.870. The Morgan fingerprint density at radius 2 is 1.65 bits per heavy atom. The summed E-state index contributed by atoms with van der Waals surface area (Å²) in [4.78, 5) is 0.421. The standard InChI is InChI=1S/C16H25NO2S/c1-12(2)13-8-10-14(11-9-13)20(18,19)16-7-5-3-4-6-15(16)17/h8-12,15-16H,3-7,17H2,1-2H3. The molecule has 1 aliphatic carbocycles. The van der Waals surface area contributed by atoms with Crippen LogP contribution in [0.2, 0.25) is 0 Å². The van der Waals surface area contributed by atoms with Crippen molar-refractivity contribution >= 4 is 9.84 Å².